The zero-order valence-electron chi connectivity index (χ0n) is 15.9. The second-order valence-corrected chi connectivity index (χ2v) is 6.40. The van der Waals surface area contributed by atoms with Crippen molar-refractivity contribution in [2.75, 3.05) is 6.61 Å². The van der Waals surface area contributed by atoms with Crippen molar-refractivity contribution in [3.05, 3.63) is 83.2 Å². The standard InChI is InChI=1S/C22H19F2NO4/c1-14-3-4-15(2)25(14)18-9-5-17(6-10-18)21(27)28-13-20(26)16-7-11-19(12-8-16)29-22(23)24/h3-12,22H,13H2,1-2H3. The Morgan fingerprint density at radius 2 is 1.41 bits per heavy atom. The molecule has 0 fully saturated rings. The summed E-state index contributed by atoms with van der Waals surface area (Å²) >= 11 is 0. The van der Waals surface area contributed by atoms with Crippen molar-refractivity contribution in [2.45, 2.75) is 20.5 Å². The van der Waals surface area contributed by atoms with Gasteiger partial charge in [-0.05, 0) is 74.5 Å². The topological polar surface area (TPSA) is 57.5 Å². The maximum atomic E-state index is 12.2. The van der Waals surface area contributed by atoms with Gasteiger partial charge in [0.1, 0.15) is 5.75 Å². The van der Waals surface area contributed by atoms with Crippen LogP contribution in [-0.4, -0.2) is 29.5 Å². The van der Waals surface area contributed by atoms with Crippen molar-refractivity contribution in [3.63, 3.8) is 0 Å². The smallest absolute Gasteiger partial charge is 0.387 e. The number of hydrogen-bond donors (Lipinski definition) is 0. The van der Waals surface area contributed by atoms with E-state index in [1.807, 2.05) is 26.0 Å². The average molecular weight is 399 g/mol. The number of halogens is 2. The maximum absolute atomic E-state index is 12.2. The highest BCUT2D eigenvalue weighted by Gasteiger charge is 2.13. The average Bonchev–Trinajstić information content (AvgIpc) is 3.04. The Bertz CT molecular complexity index is 989. The van der Waals surface area contributed by atoms with Crippen LogP contribution in [0.25, 0.3) is 5.69 Å². The molecular formula is C22H19F2NO4. The van der Waals surface area contributed by atoms with Crippen LogP contribution in [0.15, 0.2) is 60.7 Å². The number of aromatic nitrogens is 1. The van der Waals surface area contributed by atoms with Crippen molar-refractivity contribution in [1.29, 1.82) is 0 Å². The summed E-state index contributed by atoms with van der Waals surface area (Å²) in [6.45, 7) is 0.597. The van der Waals surface area contributed by atoms with Gasteiger partial charge in [0.25, 0.3) is 0 Å². The van der Waals surface area contributed by atoms with Crippen LogP contribution in [0.5, 0.6) is 5.75 Å². The molecule has 0 aliphatic rings. The Hall–Kier alpha value is -3.48. The normalized spacial score (nSPS) is 10.8. The lowest BCUT2D eigenvalue weighted by Crippen LogP contribution is -2.14. The van der Waals surface area contributed by atoms with E-state index in [-0.39, 0.29) is 11.3 Å². The van der Waals surface area contributed by atoms with Gasteiger partial charge in [-0.15, -0.1) is 0 Å². The predicted molar refractivity (Wildman–Crippen MR) is 103 cm³/mol. The van der Waals surface area contributed by atoms with E-state index in [1.54, 1.807) is 24.3 Å². The zero-order chi connectivity index (χ0) is 21.0. The van der Waals surface area contributed by atoms with Crippen LogP contribution in [-0.2, 0) is 4.74 Å². The molecule has 0 bridgehead atoms. The fourth-order valence-electron chi connectivity index (χ4n) is 2.94. The van der Waals surface area contributed by atoms with Gasteiger partial charge in [0.2, 0.25) is 0 Å². The third kappa shape index (κ3) is 4.87. The van der Waals surface area contributed by atoms with Crippen LogP contribution in [0, 0.1) is 13.8 Å². The number of ether oxygens (including phenoxy) is 2. The number of aryl methyl sites for hydroxylation is 2. The number of nitrogens with zero attached hydrogens (tertiary/aromatic N) is 1. The quantitative estimate of drug-likeness (QED) is 0.426. The van der Waals surface area contributed by atoms with Gasteiger partial charge < -0.3 is 14.0 Å². The van der Waals surface area contributed by atoms with Crippen LogP contribution in [0.1, 0.15) is 32.1 Å². The number of alkyl halides is 2. The number of Topliss-reactive ketones (excluding diaryl/α,β-unsaturated/α-hetero) is 1. The lowest BCUT2D eigenvalue weighted by molar-refractivity contribution is -0.0498. The van der Waals surface area contributed by atoms with E-state index in [1.165, 1.54) is 24.3 Å². The van der Waals surface area contributed by atoms with Crippen LogP contribution < -0.4 is 4.74 Å². The monoisotopic (exact) mass is 399 g/mol. The van der Waals surface area contributed by atoms with E-state index in [4.69, 9.17) is 4.74 Å². The number of carbonyl (C=O) groups is 2. The molecule has 0 aliphatic carbocycles. The molecule has 0 radical (unpaired) electrons. The number of hydrogen-bond acceptors (Lipinski definition) is 4. The van der Waals surface area contributed by atoms with Crippen molar-refractivity contribution < 1.29 is 27.8 Å². The van der Waals surface area contributed by atoms with E-state index >= 15 is 0 Å². The van der Waals surface area contributed by atoms with Gasteiger partial charge in [-0.2, -0.15) is 8.78 Å². The molecule has 0 saturated heterocycles. The third-order valence-electron chi connectivity index (χ3n) is 4.37. The van der Waals surface area contributed by atoms with Crippen molar-refractivity contribution in [2.24, 2.45) is 0 Å². The molecule has 7 heteroatoms. The Kier molecular flexibility index (Phi) is 6.07. The van der Waals surface area contributed by atoms with E-state index < -0.39 is 25.0 Å². The number of benzene rings is 2. The fraction of sp³-hybridized carbons (Fsp3) is 0.182. The summed E-state index contributed by atoms with van der Waals surface area (Å²) < 4.78 is 35.6. The number of rotatable bonds is 7. The number of esters is 1. The lowest BCUT2D eigenvalue weighted by Gasteiger charge is -2.10. The van der Waals surface area contributed by atoms with Crippen molar-refractivity contribution in [3.8, 4) is 11.4 Å². The molecule has 0 N–H and O–H groups in total. The van der Waals surface area contributed by atoms with Gasteiger partial charge in [-0.3, -0.25) is 4.79 Å². The third-order valence-corrected chi connectivity index (χ3v) is 4.37. The number of carbonyl (C=O) groups excluding carboxylic acids is 2. The van der Waals surface area contributed by atoms with Gasteiger partial charge >= 0.3 is 12.6 Å². The lowest BCUT2D eigenvalue weighted by atomic mass is 10.1. The molecule has 150 valence electrons. The van der Waals surface area contributed by atoms with E-state index in [9.17, 15) is 18.4 Å². The molecule has 0 spiro atoms. The molecule has 0 atom stereocenters. The van der Waals surface area contributed by atoms with Gasteiger partial charge in [-0.25, -0.2) is 4.79 Å². The van der Waals surface area contributed by atoms with Gasteiger partial charge in [0.15, 0.2) is 12.4 Å². The Morgan fingerprint density at radius 3 is 1.97 bits per heavy atom. The maximum Gasteiger partial charge on any atom is 0.387 e. The molecule has 1 aromatic heterocycles. The van der Waals surface area contributed by atoms with Crippen LogP contribution >= 0.6 is 0 Å². The van der Waals surface area contributed by atoms with Crippen molar-refractivity contribution in [1.82, 2.24) is 4.57 Å². The van der Waals surface area contributed by atoms with E-state index in [2.05, 4.69) is 9.30 Å². The molecule has 0 saturated carbocycles. The highest BCUT2D eigenvalue weighted by molar-refractivity contribution is 5.99. The number of ketones is 1. The second kappa shape index (κ2) is 8.68. The SMILES string of the molecule is Cc1ccc(C)n1-c1ccc(C(=O)OCC(=O)c2ccc(OC(F)F)cc2)cc1. The first-order valence-electron chi connectivity index (χ1n) is 8.86. The summed E-state index contributed by atoms with van der Waals surface area (Å²) in [6.07, 6.45) is 0. The summed E-state index contributed by atoms with van der Waals surface area (Å²) in [5.74, 6) is -1.12. The molecule has 3 rings (SSSR count). The first kappa shape index (κ1) is 20.3. The predicted octanol–water partition coefficient (Wildman–Crippen LogP) is 4.74. The molecular weight excluding hydrogens is 380 g/mol. The Balaban J connectivity index is 1.59. The van der Waals surface area contributed by atoms with Crippen molar-refractivity contribution >= 4 is 11.8 Å². The highest BCUT2D eigenvalue weighted by Crippen LogP contribution is 2.18. The molecule has 0 amide bonds. The molecule has 0 aliphatic heterocycles. The largest absolute Gasteiger partial charge is 0.454 e. The Labute approximate surface area is 166 Å². The van der Waals surface area contributed by atoms with Crippen LogP contribution in [0.4, 0.5) is 8.78 Å². The van der Waals surface area contributed by atoms with Gasteiger partial charge in [0, 0.05) is 22.6 Å². The minimum atomic E-state index is -2.94. The molecule has 3 aromatic rings. The van der Waals surface area contributed by atoms with E-state index in [0.29, 0.717) is 5.56 Å². The Morgan fingerprint density at radius 1 is 0.862 bits per heavy atom. The summed E-state index contributed by atoms with van der Waals surface area (Å²) in [7, 11) is 0. The van der Waals surface area contributed by atoms with Crippen LogP contribution in [0.2, 0.25) is 0 Å². The van der Waals surface area contributed by atoms with E-state index in [0.717, 1.165) is 17.1 Å². The summed E-state index contributed by atoms with van der Waals surface area (Å²) in [5.41, 5.74) is 3.63. The minimum absolute atomic E-state index is 0.0539. The fourth-order valence-corrected chi connectivity index (χ4v) is 2.94. The van der Waals surface area contributed by atoms with Gasteiger partial charge in [-0.1, -0.05) is 0 Å². The zero-order valence-corrected chi connectivity index (χ0v) is 15.9. The molecule has 29 heavy (non-hydrogen) atoms. The van der Waals surface area contributed by atoms with Crippen LogP contribution in [0.3, 0.4) is 0 Å². The minimum Gasteiger partial charge on any atom is -0.454 e. The molecule has 2 aromatic carbocycles. The summed E-state index contributed by atoms with van der Waals surface area (Å²) in [4.78, 5) is 24.3. The van der Waals surface area contributed by atoms with Gasteiger partial charge in [0.05, 0.1) is 5.56 Å². The summed E-state index contributed by atoms with van der Waals surface area (Å²) in [5, 5.41) is 0. The molecule has 1 heterocycles. The second-order valence-electron chi connectivity index (χ2n) is 6.40. The molecule has 0 unspecified atom stereocenters. The molecule has 5 nitrogen and oxygen atoms in total. The summed E-state index contributed by atoms with van der Waals surface area (Å²) in [6, 6.07) is 16.1. The first-order chi connectivity index (χ1) is 13.8. The highest BCUT2D eigenvalue weighted by atomic mass is 19.3. The first-order valence-corrected chi connectivity index (χ1v) is 8.86.